The van der Waals surface area contributed by atoms with Crippen LogP contribution in [0.1, 0.15) is 22.6 Å². The molecule has 0 unspecified atom stereocenters. The fraction of sp³-hybridized carbons (Fsp3) is 0.333. The first-order chi connectivity index (χ1) is 11.9. The van der Waals surface area contributed by atoms with Crippen molar-refractivity contribution in [2.45, 2.75) is 36.6 Å². The first-order valence-corrected chi connectivity index (χ1v) is 9.74. The number of hydrogen-bond acceptors (Lipinski definition) is 5. The zero-order valence-corrected chi connectivity index (χ0v) is 15.3. The molecule has 4 rings (SSSR count). The first kappa shape index (κ1) is 16.2. The van der Waals surface area contributed by atoms with Crippen LogP contribution in [0, 0.1) is 13.8 Å². The molecule has 0 amide bonds. The van der Waals surface area contributed by atoms with Gasteiger partial charge in [-0.25, -0.2) is 17.9 Å². The minimum atomic E-state index is -3.66. The van der Waals surface area contributed by atoms with Crippen molar-refractivity contribution in [3.8, 4) is 0 Å². The van der Waals surface area contributed by atoms with Crippen molar-refractivity contribution in [2.75, 3.05) is 13.6 Å². The summed E-state index contributed by atoms with van der Waals surface area (Å²) in [7, 11) is -1.59. The molecular weight excluding hydrogens is 336 g/mol. The van der Waals surface area contributed by atoms with Gasteiger partial charge >= 0.3 is 0 Å². The second-order valence-corrected chi connectivity index (χ2v) is 8.46. The minimum Gasteiger partial charge on any atom is -0.302 e. The van der Waals surface area contributed by atoms with E-state index >= 15 is 0 Å². The number of rotatable bonds is 2. The van der Waals surface area contributed by atoms with E-state index in [1.165, 1.54) is 0 Å². The second-order valence-electron chi connectivity index (χ2n) is 6.58. The number of fused-ring (bicyclic) bond motifs is 3. The van der Waals surface area contributed by atoms with Crippen LogP contribution in [-0.2, 0) is 22.8 Å². The average Bonchev–Trinajstić information content (AvgIpc) is 2.92. The van der Waals surface area contributed by atoms with Gasteiger partial charge in [0.2, 0.25) is 9.84 Å². The molecule has 3 aromatic rings. The number of aryl methyl sites for hydroxylation is 2. The maximum Gasteiger partial charge on any atom is 0.212 e. The van der Waals surface area contributed by atoms with Crippen LogP contribution in [-0.4, -0.2) is 41.5 Å². The topological polar surface area (TPSA) is 67.6 Å². The highest BCUT2D eigenvalue weighted by molar-refractivity contribution is 7.91. The summed E-state index contributed by atoms with van der Waals surface area (Å²) in [6.45, 7) is 5.41. The van der Waals surface area contributed by atoms with Crippen LogP contribution in [0.15, 0.2) is 40.1 Å². The molecule has 7 heteroatoms. The van der Waals surface area contributed by atoms with Gasteiger partial charge in [-0.15, -0.1) is 0 Å². The SMILES string of the molecule is Cc1nc2c(S(=O)(=O)c3ccccc3)c(C)nn2c2c1CN(C)CC2. The van der Waals surface area contributed by atoms with Gasteiger partial charge in [-0.2, -0.15) is 5.10 Å². The molecular formula is C18H20N4O2S. The largest absolute Gasteiger partial charge is 0.302 e. The average molecular weight is 356 g/mol. The van der Waals surface area contributed by atoms with Crippen LogP contribution in [0.4, 0.5) is 0 Å². The molecule has 3 heterocycles. The lowest BCUT2D eigenvalue weighted by atomic mass is 10.0. The number of hydrogen-bond donors (Lipinski definition) is 0. The van der Waals surface area contributed by atoms with Crippen LogP contribution in [0.5, 0.6) is 0 Å². The zero-order valence-electron chi connectivity index (χ0n) is 14.5. The van der Waals surface area contributed by atoms with Crippen LogP contribution in [0.25, 0.3) is 5.65 Å². The molecule has 0 atom stereocenters. The van der Waals surface area contributed by atoms with Crippen LogP contribution in [0.3, 0.4) is 0 Å². The first-order valence-electron chi connectivity index (χ1n) is 8.26. The number of aromatic nitrogens is 3. The summed E-state index contributed by atoms with van der Waals surface area (Å²) in [5.74, 6) is 0. The Morgan fingerprint density at radius 1 is 1.08 bits per heavy atom. The standard InChI is InChI=1S/C18H20N4O2S/c1-12-15-11-21(3)10-9-16(15)22-18(19-12)17(13(2)20-22)25(23,24)14-7-5-4-6-8-14/h4-8H,9-11H2,1-3H3. The van der Waals surface area contributed by atoms with Gasteiger partial charge < -0.3 is 4.90 Å². The molecule has 25 heavy (non-hydrogen) atoms. The summed E-state index contributed by atoms with van der Waals surface area (Å²) >= 11 is 0. The van der Waals surface area contributed by atoms with Gasteiger partial charge in [0.1, 0.15) is 4.90 Å². The minimum absolute atomic E-state index is 0.212. The lowest BCUT2D eigenvalue weighted by molar-refractivity contribution is 0.306. The van der Waals surface area contributed by atoms with E-state index in [1.807, 2.05) is 6.92 Å². The van der Waals surface area contributed by atoms with E-state index in [2.05, 4.69) is 22.0 Å². The number of benzene rings is 1. The van der Waals surface area contributed by atoms with E-state index in [-0.39, 0.29) is 9.79 Å². The summed E-state index contributed by atoms with van der Waals surface area (Å²) < 4.78 is 28.1. The molecule has 1 aliphatic heterocycles. The summed E-state index contributed by atoms with van der Waals surface area (Å²) in [5, 5.41) is 4.54. The lowest BCUT2D eigenvalue weighted by Crippen LogP contribution is -2.29. The highest BCUT2D eigenvalue weighted by Crippen LogP contribution is 2.30. The maximum atomic E-state index is 13.2. The molecule has 130 valence electrons. The van der Waals surface area contributed by atoms with Crippen molar-refractivity contribution in [3.63, 3.8) is 0 Å². The quantitative estimate of drug-likeness (QED) is 0.704. The number of likely N-dealkylation sites (N-methyl/N-ethyl adjacent to an activating group) is 1. The van der Waals surface area contributed by atoms with Gasteiger partial charge in [-0.3, -0.25) is 0 Å². The van der Waals surface area contributed by atoms with Gasteiger partial charge in [0.25, 0.3) is 0 Å². The van der Waals surface area contributed by atoms with E-state index in [0.717, 1.165) is 36.5 Å². The molecule has 0 fully saturated rings. The van der Waals surface area contributed by atoms with E-state index in [1.54, 1.807) is 41.8 Å². The third kappa shape index (κ3) is 2.46. The van der Waals surface area contributed by atoms with Crippen molar-refractivity contribution in [2.24, 2.45) is 0 Å². The maximum absolute atomic E-state index is 13.2. The Labute approximate surface area is 147 Å². The van der Waals surface area contributed by atoms with E-state index in [0.29, 0.717) is 11.3 Å². The summed E-state index contributed by atoms with van der Waals surface area (Å²) in [6, 6.07) is 8.48. The zero-order chi connectivity index (χ0) is 17.8. The Bertz CT molecular complexity index is 1070. The Hall–Kier alpha value is -2.25. The highest BCUT2D eigenvalue weighted by atomic mass is 32.2. The smallest absolute Gasteiger partial charge is 0.212 e. The Balaban J connectivity index is 2.01. The summed E-state index contributed by atoms with van der Waals surface area (Å²) in [4.78, 5) is 7.35. The molecule has 0 bridgehead atoms. The molecule has 0 saturated carbocycles. The van der Waals surface area contributed by atoms with Gasteiger partial charge in [0.05, 0.1) is 16.3 Å². The molecule has 1 aromatic carbocycles. The van der Waals surface area contributed by atoms with E-state index < -0.39 is 9.84 Å². The molecule has 0 spiro atoms. The van der Waals surface area contributed by atoms with Gasteiger partial charge in [-0.1, -0.05) is 18.2 Å². The monoisotopic (exact) mass is 356 g/mol. The molecule has 0 saturated heterocycles. The normalized spacial score (nSPS) is 15.5. The fourth-order valence-corrected chi connectivity index (χ4v) is 5.04. The predicted molar refractivity (Wildman–Crippen MR) is 94.4 cm³/mol. The van der Waals surface area contributed by atoms with E-state index in [4.69, 9.17) is 0 Å². The van der Waals surface area contributed by atoms with Crippen molar-refractivity contribution in [1.29, 1.82) is 0 Å². The molecule has 6 nitrogen and oxygen atoms in total. The van der Waals surface area contributed by atoms with Crippen molar-refractivity contribution >= 4 is 15.5 Å². The van der Waals surface area contributed by atoms with Crippen molar-refractivity contribution in [1.82, 2.24) is 19.5 Å². The summed E-state index contributed by atoms with van der Waals surface area (Å²) in [5.41, 5.74) is 4.01. The molecule has 2 aromatic heterocycles. The molecule has 0 aliphatic carbocycles. The Morgan fingerprint density at radius 2 is 1.80 bits per heavy atom. The number of nitrogens with zero attached hydrogens (tertiary/aromatic N) is 4. The Morgan fingerprint density at radius 3 is 2.52 bits per heavy atom. The second kappa shape index (κ2) is 5.64. The third-order valence-corrected chi connectivity index (χ3v) is 6.69. The molecule has 0 N–H and O–H groups in total. The van der Waals surface area contributed by atoms with Crippen LogP contribution >= 0.6 is 0 Å². The summed E-state index contributed by atoms with van der Waals surface area (Å²) in [6.07, 6.45) is 0.831. The van der Waals surface area contributed by atoms with Gasteiger partial charge in [0, 0.05) is 30.8 Å². The highest BCUT2D eigenvalue weighted by Gasteiger charge is 2.29. The Kier molecular flexibility index (Phi) is 3.66. The van der Waals surface area contributed by atoms with Gasteiger partial charge in [0.15, 0.2) is 5.65 Å². The number of sulfone groups is 1. The van der Waals surface area contributed by atoms with E-state index in [9.17, 15) is 8.42 Å². The van der Waals surface area contributed by atoms with Gasteiger partial charge in [-0.05, 0) is 33.0 Å². The van der Waals surface area contributed by atoms with Crippen LogP contribution in [0.2, 0.25) is 0 Å². The molecule has 1 aliphatic rings. The van der Waals surface area contributed by atoms with Crippen molar-refractivity contribution < 1.29 is 8.42 Å². The fourth-order valence-electron chi connectivity index (χ4n) is 3.49. The lowest BCUT2D eigenvalue weighted by Gasteiger charge is -2.26. The third-order valence-electron chi connectivity index (χ3n) is 4.78. The van der Waals surface area contributed by atoms with Crippen LogP contribution < -0.4 is 0 Å². The predicted octanol–water partition coefficient (Wildman–Crippen LogP) is 2.17. The molecule has 0 radical (unpaired) electrons. The van der Waals surface area contributed by atoms with Crippen molar-refractivity contribution in [3.05, 3.63) is 53.0 Å².